The predicted molar refractivity (Wildman–Crippen MR) is 79.0 cm³/mol. The minimum Gasteiger partial charge on any atom is -0.294 e. The molecule has 1 aromatic heterocycles. The highest BCUT2D eigenvalue weighted by molar-refractivity contribution is 5.99. The van der Waals surface area contributed by atoms with E-state index in [2.05, 4.69) is 29.1 Å². The van der Waals surface area contributed by atoms with Gasteiger partial charge in [-0.1, -0.05) is 24.6 Å². The van der Waals surface area contributed by atoms with E-state index in [4.69, 9.17) is 0 Å². The van der Waals surface area contributed by atoms with Crippen LogP contribution in [0, 0.1) is 20.8 Å². The van der Waals surface area contributed by atoms with Gasteiger partial charge in [0.15, 0.2) is 5.78 Å². The van der Waals surface area contributed by atoms with Gasteiger partial charge in [0.1, 0.15) is 12.2 Å². The highest BCUT2D eigenvalue weighted by Gasteiger charge is 2.16. The van der Waals surface area contributed by atoms with Gasteiger partial charge in [0, 0.05) is 12.1 Å². The number of hydrogen-bond donors (Lipinski definition) is 0. The molecule has 0 saturated carbocycles. The Morgan fingerprint density at radius 2 is 1.85 bits per heavy atom. The van der Waals surface area contributed by atoms with E-state index >= 15 is 0 Å². The summed E-state index contributed by atoms with van der Waals surface area (Å²) in [7, 11) is 0. The van der Waals surface area contributed by atoms with E-state index in [9.17, 15) is 4.79 Å². The van der Waals surface area contributed by atoms with E-state index < -0.39 is 0 Å². The minimum atomic E-state index is 0.116. The first-order valence-corrected chi connectivity index (χ1v) is 7.00. The van der Waals surface area contributed by atoms with Crippen LogP contribution in [-0.2, 0) is 13.0 Å². The third-order valence-electron chi connectivity index (χ3n) is 3.41. The Morgan fingerprint density at radius 1 is 1.20 bits per heavy atom. The minimum absolute atomic E-state index is 0.116. The molecule has 0 aliphatic rings. The SMILES string of the molecule is CCCn1ncnc1CC(=O)c1c(C)cc(C)cc1C. The lowest BCUT2D eigenvalue weighted by Gasteiger charge is -2.10. The van der Waals surface area contributed by atoms with E-state index in [-0.39, 0.29) is 5.78 Å². The molecule has 0 amide bonds. The van der Waals surface area contributed by atoms with Crippen molar-refractivity contribution >= 4 is 5.78 Å². The predicted octanol–water partition coefficient (Wildman–Crippen LogP) is 3.04. The third kappa shape index (κ3) is 2.95. The Labute approximate surface area is 119 Å². The van der Waals surface area contributed by atoms with Crippen molar-refractivity contribution in [2.75, 3.05) is 0 Å². The summed E-state index contributed by atoms with van der Waals surface area (Å²) in [4.78, 5) is 16.7. The number of Topliss-reactive ketones (excluding diaryl/α,β-unsaturated/α-hetero) is 1. The van der Waals surface area contributed by atoms with E-state index in [1.807, 2.05) is 25.5 Å². The van der Waals surface area contributed by atoms with Crippen molar-refractivity contribution in [3.05, 3.63) is 46.5 Å². The number of carbonyl (C=O) groups is 1. The van der Waals surface area contributed by atoms with E-state index in [1.165, 1.54) is 11.9 Å². The van der Waals surface area contributed by atoms with Crippen molar-refractivity contribution in [1.29, 1.82) is 0 Å². The van der Waals surface area contributed by atoms with Crippen LogP contribution in [0.2, 0.25) is 0 Å². The summed E-state index contributed by atoms with van der Waals surface area (Å²) >= 11 is 0. The molecule has 0 radical (unpaired) electrons. The topological polar surface area (TPSA) is 47.8 Å². The van der Waals surface area contributed by atoms with Gasteiger partial charge in [-0.15, -0.1) is 0 Å². The fourth-order valence-electron chi connectivity index (χ4n) is 2.68. The van der Waals surface area contributed by atoms with Gasteiger partial charge in [0.25, 0.3) is 0 Å². The number of aryl methyl sites for hydroxylation is 4. The monoisotopic (exact) mass is 271 g/mol. The highest BCUT2D eigenvalue weighted by atomic mass is 16.1. The van der Waals surface area contributed by atoms with Crippen molar-refractivity contribution < 1.29 is 4.79 Å². The summed E-state index contributed by atoms with van der Waals surface area (Å²) in [5.41, 5.74) is 4.08. The maximum atomic E-state index is 12.5. The lowest BCUT2D eigenvalue weighted by molar-refractivity contribution is 0.0988. The molecule has 0 N–H and O–H groups in total. The van der Waals surface area contributed by atoms with Crippen LogP contribution in [0.5, 0.6) is 0 Å². The van der Waals surface area contributed by atoms with Crippen LogP contribution in [0.4, 0.5) is 0 Å². The molecule has 0 saturated heterocycles. The summed E-state index contributed by atoms with van der Waals surface area (Å²) in [6.45, 7) is 8.91. The molecule has 0 aliphatic heterocycles. The van der Waals surface area contributed by atoms with Gasteiger partial charge in [-0.05, 0) is 38.3 Å². The molecule has 4 heteroatoms. The number of benzene rings is 1. The lowest BCUT2D eigenvalue weighted by Crippen LogP contribution is -2.13. The number of aromatic nitrogens is 3. The third-order valence-corrected chi connectivity index (χ3v) is 3.41. The average molecular weight is 271 g/mol. The van der Waals surface area contributed by atoms with Crippen molar-refractivity contribution in [2.45, 2.75) is 47.1 Å². The molecule has 0 unspecified atom stereocenters. The van der Waals surface area contributed by atoms with Gasteiger partial charge in [-0.3, -0.25) is 4.79 Å². The first kappa shape index (κ1) is 14.4. The largest absolute Gasteiger partial charge is 0.294 e. The number of carbonyl (C=O) groups excluding carboxylic acids is 1. The molecule has 0 aliphatic carbocycles. The number of ketones is 1. The number of hydrogen-bond acceptors (Lipinski definition) is 3. The van der Waals surface area contributed by atoms with Crippen molar-refractivity contribution in [3.8, 4) is 0 Å². The Kier molecular flexibility index (Phi) is 4.32. The Bertz CT molecular complexity index is 605. The Hall–Kier alpha value is -1.97. The molecule has 1 aromatic carbocycles. The fourth-order valence-corrected chi connectivity index (χ4v) is 2.68. The zero-order chi connectivity index (χ0) is 14.7. The summed E-state index contributed by atoms with van der Waals surface area (Å²) in [6.07, 6.45) is 2.81. The van der Waals surface area contributed by atoms with Gasteiger partial charge in [0.05, 0.1) is 6.42 Å². The van der Waals surface area contributed by atoms with Gasteiger partial charge in [-0.2, -0.15) is 5.10 Å². The Morgan fingerprint density at radius 3 is 2.45 bits per heavy atom. The standard InChI is InChI=1S/C16H21N3O/c1-5-6-19-15(17-10-18-19)9-14(20)16-12(3)7-11(2)8-13(16)4/h7-8,10H,5-6,9H2,1-4H3. The normalized spacial score (nSPS) is 10.8. The smallest absolute Gasteiger partial charge is 0.170 e. The molecule has 2 aromatic rings. The van der Waals surface area contributed by atoms with Crippen LogP contribution in [0.1, 0.15) is 46.2 Å². The van der Waals surface area contributed by atoms with Crippen molar-refractivity contribution in [3.63, 3.8) is 0 Å². The molecule has 1 heterocycles. The molecule has 0 fully saturated rings. The highest BCUT2D eigenvalue weighted by Crippen LogP contribution is 2.18. The van der Waals surface area contributed by atoms with Crippen LogP contribution < -0.4 is 0 Å². The second kappa shape index (κ2) is 5.99. The number of rotatable bonds is 5. The molecule has 0 spiro atoms. The lowest BCUT2D eigenvalue weighted by atomic mass is 9.95. The summed E-state index contributed by atoms with van der Waals surface area (Å²) in [5.74, 6) is 0.863. The van der Waals surface area contributed by atoms with Crippen LogP contribution in [0.25, 0.3) is 0 Å². The van der Waals surface area contributed by atoms with Crippen LogP contribution in [-0.4, -0.2) is 20.5 Å². The zero-order valence-electron chi connectivity index (χ0n) is 12.6. The maximum Gasteiger partial charge on any atom is 0.170 e. The molecule has 106 valence electrons. The maximum absolute atomic E-state index is 12.5. The molecular weight excluding hydrogens is 250 g/mol. The van der Waals surface area contributed by atoms with E-state index in [0.29, 0.717) is 6.42 Å². The van der Waals surface area contributed by atoms with Crippen LogP contribution >= 0.6 is 0 Å². The summed E-state index contributed by atoms with van der Waals surface area (Å²) < 4.78 is 1.82. The molecule has 0 bridgehead atoms. The first-order valence-electron chi connectivity index (χ1n) is 7.00. The Balaban J connectivity index is 2.26. The van der Waals surface area contributed by atoms with Crippen LogP contribution in [0.3, 0.4) is 0 Å². The molecule has 2 rings (SSSR count). The molecule has 4 nitrogen and oxygen atoms in total. The molecule has 20 heavy (non-hydrogen) atoms. The van der Waals surface area contributed by atoms with Gasteiger partial charge in [0.2, 0.25) is 0 Å². The second-order valence-electron chi connectivity index (χ2n) is 5.27. The number of nitrogens with zero attached hydrogens (tertiary/aromatic N) is 3. The van der Waals surface area contributed by atoms with Crippen molar-refractivity contribution in [2.24, 2.45) is 0 Å². The van der Waals surface area contributed by atoms with E-state index in [0.717, 1.165) is 35.5 Å². The first-order chi connectivity index (χ1) is 9.52. The van der Waals surface area contributed by atoms with Gasteiger partial charge < -0.3 is 0 Å². The molecule has 0 atom stereocenters. The van der Waals surface area contributed by atoms with Crippen molar-refractivity contribution in [1.82, 2.24) is 14.8 Å². The second-order valence-corrected chi connectivity index (χ2v) is 5.27. The zero-order valence-corrected chi connectivity index (χ0v) is 12.6. The quantitative estimate of drug-likeness (QED) is 0.785. The summed E-state index contributed by atoms with van der Waals surface area (Å²) in [6, 6.07) is 4.11. The molecular formula is C16H21N3O. The average Bonchev–Trinajstić information content (AvgIpc) is 2.75. The van der Waals surface area contributed by atoms with Gasteiger partial charge >= 0.3 is 0 Å². The fraction of sp³-hybridized carbons (Fsp3) is 0.438. The summed E-state index contributed by atoms with van der Waals surface area (Å²) in [5, 5.41) is 4.16. The van der Waals surface area contributed by atoms with Crippen LogP contribution in [0.15, 0.2) is 18.5 Å². The van der Waals surface area contributed by atoms with E-state index in [1.54, 1.807) is 0 Å². The van der Waals surface area contributed by atoms with Gasteiger partial charge in [-0.25, -0.2) is 9.67 Å².